The van der Waals surface area contributed by atoms with Crippen LogP contribution in [0.3, 0.4) is 0 Å². The summed E-state index contributed by atoms with van der Waals surface area (Å²) in [4.78, 5) is 12.6. The lowest BCUT2D eigenvalue weighted by molar-refractivity contribution is -0.142. The second-order valence-electron chi connectivity index (χ2n) is 5.77. The van der Waals surface area contributed by atoms with E-state index in [1.807, 2.05) is 0 Å². The Morgan fingerprint density at radius 2 is 1.96 bits per heavy atom. The first-order valence-corrected chi connectivity index (χ1v) is 8.36. The van der Waals surface area contributed by atoms with Crippen molar-refractivity contribution in [1.82, 2.24) is 15.1 Å². The number of hydrogen-bond acceptors (Lipinski definition) is 3. The minimum atomic E-state index is -4.71. The zero-order valence-corrected chi connectivity index (χ0v) is 15.0. The van der Waals surface area contributed by atoms with Gasteiger partial charge in [-0.15, -0.1) is 0 Å². The van der Waals surface area contributed by atoms with Crippen LogP contribution in [0.15, 0.2) is 30.3 Å². The zero-order chi connectivity index (χ0) is 19.5. The molecule has 2 aromatic rings. The molecule has 0 aliphatic heterocycles. The number of hydrogen-bond donors (Lipinski definition) is 2. The Bertz CT molecular complexity index is 763. The molecule has 0 saturated heterocycles. The fourth-order valence-corrected chi connectivity index (χ4v) is 2.87. The van der Waals surface area contributed by atoms with Crippen molar-refractivity contribution in [2.24, 2.45) is 0 Å². The van der Waals surface area contributed by atoms with E-state index < -0.39 is 34.9 Å². The van der Waals surface area contributed by atoms with E-state index in [1.165, 1.54) is 6.92 Å². The number of nitrogens with one attached hydrogen (secondary N) is 1. The Morgan fingerprint density at radius 3 is 2.42 bits per heavy atom. The van der Waals surface area contributed by atoms with Gasteiger partial charge in [-0.2, -0.15) is 18.3 Å². The molecule has 1 aromatic heterocycles. The number of carbonyl (C=O) groups is 1. The first-order chi connectivity index (χ1) is 12.2. The predicted octanol–water partition coefficient (Wildman–Crippen LogP) is 3.66. The molecule has 0 saturated carbocycles. The highest BCUT2D eigenvalue weighted by molar-refractivity contribution is 6.32. The number of aliphatic hydroxyl groups excluding tert-OH is 1. The molecular weight excluding hydrogens is 371 g/mol. The maximum Gasteiger partial charge on any atom is 0.436 e. The normalized spacial score (nSPS) is 14.1. The fraction of sp³-hybridized carbons (Fsp3) is 0.412. The lowest BCUT2D eigenvalue weighted by atomic mass is 10.1. The van der Waals surface area contributed by atoms with E-state index in [-0.39, 0.29) is 18.7 Å². The highest BCUT2D eigenvalue weighted by atomic mass is 35.5. The van der Waals surface area contributed by atoms with E-state index in [2.05, 4.69) is 10.4 Å². The largest absolute Gasteiger partial charge is 0.436 e. The Balaban J connectivity index is 2.29. The van der Waals surface area contributed by atoms with Crippen molar-refractivity contribution < 1.29 is 23.1 Å². The van der Waals surface area contributed by atoms with E-state index in [1.54, 1.807) is 37.3 Å². The Morgan fingerprint density at radius 1 is 1.35 bits per heavy atom. The fourth-order valence-electron chi connectivity index (χ4n) is 2.64. The van der Waals surface area contributed by atoms with Gasteiger partial charge in [-0.1, -0.05) is 48.9 Å². The SMILES string of the molecule is CC[C@H](C(=O)N[C@@H](CO)c1ccccc1)n1nc(C(F)(F)F)c(Cl)c1C. The van der Waals surface area contributed by atoms with Crippen LogP contribution in [0.5, 0.6) is 0 Å². The van der Waals surface area contributed by atoms with Gasteiger partial charge in [-0.05, 0) is 18.9 Å². The minimum absolute atomic E-state index is 0.0567. The van der Waals surface area contributed by atoms with Crippen LogP contribution in [0, 0.1) is 6.92 Å². The summed E-state index contributed by atoms with van der Waals surface area (Å²) in [5.41, 5.74) is -0.477. The average molecular weight is 390 g/mol. The molecule has 0 spiro atoms. The molecule has 2 N–H and O–H groups in total. The first-order valence-electron chi connectivity index (χ1n) is 7.98. The smallest absolute Gasteiger partial charge is 0.394 e. The lowest BCUT2D eigenvalue weighted by Gasteiger charge is -2.22. The third kappa shape index (κ3) is 4.19. The summed E-state index contributed by atoms with van der Waals surface area (Å²) in [5, 5.41) is 15.2. The monoisotopic (exact) mass is 389 g/mol. The molecular formula is C17H19ClF3N3O2. The van der Waals surface area contributed by atoms with Crippen LogP contribution in [0.1, 0.15) is 42.4 Å². The molecule has 9 heteroatoms. The number of alkyl halides is 3. The van der Waals surface area contributed by atoms with Gasteiger partial charge >= 0.3 is 6.18 Å². The molecule has 26 heavy (non-hydrogen) atoms. The summed E-state index contributed by atoms with van der Waals surface area (Å²) in [6.45, 7) is 2.68. The molecule has 1 aromatic carbocycles. The van der Waals surface area contributed by atoms with Gasteiger partial charge in [0.2, 0.25) is 5.91 Å². The van der Waals surface area contributed by atoms with Crippen LogP contribution in [-0.2, 0) is 11.0 Å². The zero-order valence-electron chi connectivity index (χ0n) is 14.2. The van der Waals surface area contributed by atoms with Crippen molar-refractivity contribution in [3.05, 3.63) is 52.3 Å². The molecule has 2 rings (SSSR count). The van der Waals surface area contributed by atoms with Crippen molar-refractivity contribution >= 4 is 17.5 Å². The van der Waals surface area contributed by atoms with E-state index in [9.17, 15) is 23.1 Å². The summed E-state index contributed by atoms with van der Waals surface area (Å²) in [6.07, 6.45) is -4.51. The van der Waals surface area contributed by atoms with Gasteiger partial charge in [0.15, 0.2) is 5.69 Å². The number of aliphatic hydroxyl groups is 1. The van der Waals surface area contributed by atoms with Crippen molar-refractivity contribution in [2.75, 3.05) is 6.61 Å². The molecule has 0 fully saturated rings. The molecule has 5 nitrogen and oxygen atoms in total. The molecule has 0 bridgehead atoms. The van der Waals surface area contributed by atoms with Crippen LogP contribution in [0.4, 0.5) is 13.2 Å². The van der Waals surface area contributed by atoms with E-state index in [4.69, 9.17) is 11.6 Å². The van der Waals surface area contributed by atoms with Gasteiger partial charge in [-0.25, -0.2) is 0 Å². The second kappa shape index (κ2) is 8.09. The number of carbonyl (C=O) groups excluding carboxylic acids is 1. The molecule has 0 unspecified atom stereocenters. The number of nitrogens with zero attached hydrogens (tertiary/aromatic N) is 2. The number of rotatable bonds is 6. The summed E-state index contributed by atoms with van der Waals surface area (Å²) in [5.74, 6) is -0.550. The van der Waals surface area contributed by atoms with Crippen LogP contribution in [0.25, 0.3) is 0 Å². The van der Waals surface area contributed by atoms with Crippen molar-refractivity contribution in [1.29, 1.82) is 0 Å². The summed E-state index contributed by atoms with van der Waals surface area (Å²) in [6, 6.07) is 7.12. The Hall–Kier alpha value is -2.06. The quantitative estimate of drug-likeness (QED) is 0.792. The summed E-state index contributed by atoms with van der Waals surface area (Å²) in [7, 11) is 0. The maximum absolute atomic E-state index is 13.0. The van der Waals surface area contributed by atoms with E-state index >= 15 is 0 Å². The third-order valence-corrected chi connectivity index (χ3v) is 4.48. The number of aromatic nitrogens is 2. The molecule has 1 amide bonds. The van der Waals surface area contributed by atoms with Crippen LogP contribution in [0.2, 0.25) is 5.02 Å². The van der Waals surface area contributed by atoms with Gasteiger partial charge < -0.3 is 10.4 Å². The average Bonchev–Trinajstić information content (AvgIpc) is 2.90. The van der Waals surface area contributed by atoms with Crippen LogP contribution < -0.4 is 5.32 Å². The van der Waals surface area contributed by atoms with Crippen LogP contribution >= 0.6 is 11.6 Å². The molecule has 142 valence electrons. The summed E-state index contributed by atoms with van der Waals surface area (Å²) < 4.78 is 40.0. The van der Waals surface area contributed by atoms with Gasteiger partial charge in [0.25, 0.3) is 0 Å². The van der Waals surface area contributed by atoms with Gasteiger partial charge in [0.1, 0.15) is 6.04 Å². The number of halogens is 4. The van der Waals surface area contributed by atoms with Crippen molar-refractivity contribution in [3.63, 3.8) is 0 Å². The van der Waals surface area contributed by atoms with Crippen LogP contribution in [-0.4, -0.2) is 27.4 Å². The standard InChI is InChI=1S/C17H19ClF3N3O2/c1-3-13(24-10(2)14(18)15(23-24)17(19,20)21)16(26)22-12(9-25)11-7-5-4-6-8-11/h4-8,12-13,25H,3,9H2,1-2H3,(H,22,26)/t12-,13+/m0/s1. The summed E-state index contributed by atoms with van der Waals surface area (Å²) >= 11 is 5.76. The highest BCUT2D eigenvalue weighted by Crippen LogP contribution is 2.36. The second-order valence-corrected chi connectivity index (χ2v) is 6.15. The van der Waals surface area contributed by atoms with Crippen molar-refractivity contribution in [2.45, 2.75) is 38.5 Å². The van der Waals surface area contributed by atoms with Gasteiger partial charge in [0, 0.05) is 0 Å². The molecule has 0 aliphatic carbocycles. The number of benzene rings is 1. The van der Waals surface area contributed by atoms with E-state index in [0.29, 0.717) is 5.56 Å². The van der Waals surface area contributed by atoms with Crippen molar-refractivity contribution in [3.8, 4) is 0 Å². The highest BCUT2D eigenvalue weighted by Gasteiger charge is 2.39. The third-order valence-electron chi connectivity index (χ3n) is 4.03. The number of amides is 1. The molecule has 0 radical (unpaired) electrons. The molecule has 2 atom stereocenters. The predicted molar refractivity (Wildman–Crippen MR) is 90.7 cm³/mol. The van der Waals surface area contributed by atoms with Gasteiger partial charge in [0.05, 0.1) is 23.4 Å². The molecule has 0 aliphatic rings. The van der Waals surface area contributed by atoms with E-state index in [0.717, 1.165) is 4.68 Å². The first kappa shape index (κ1) is 20.3. The molecule has 1 heterocycles. The Labute approximate surface area is 153 Å². The Kier molecular flexibility index (Phi) is 6.30. The topological polar surface area (TPSA) is 67.2 Å². The maximum atomic E-state index is 13.0. The minimum Gasteiger partial charge on any atom is -0.394 e. The lowest BCUT2D eigenvalue weighted by Crippen LogP contribution is -2.37. The van der Waals surface area contributed by atoms with Gasteiger partial charge in [-0.3, -0.25) is 9.48 Å².